The minimum atomic E-state index is -4.96. The third kappa shape index (κ3) is 64.3. The van der Waals surface area contributed by atoms with E-state index in [1.807, 2.05) is 0 Å². The standard InChI is InChI=1S/C71H134O17P2/c1-6-9-12-15-17-19-21-23-24-29-32-36-40-45-50-55-69(74)82-61-67(88-71(76)57-52-47-42-38-34-30-26-25-28-31-35-39-44-48-53-64(4)5)63-86-90(79,80)84-59-65(72)58-83-89(77,78)85-62-66(60-81-68(73)54-49-43-14-11-8-3)87-70(75)56-51-46-41-37-33-27-22-20-18-16-13-10-7-2/h19,21,23-24,64-67,72H,6-18,20,22,25-63H2,1-5H3,(H,77,78)(H,79,80)/b21-19-,24-23-/t65-,66+,67+/m0/s1. The first-order valence-corrected chi connectivity index (χ1v) is 39.4. The average Bonchev–Trinajstić information content (AvgIpc) is 2.81. The van der Waals surface area contributed by atoms with Crippen molar-refractivity contribution in [3.05, 3.63) is 24.3 Å². The van der Waals surface area contributed by atoms with Crippen LogP contribution in [0.1, 0.15) is 343 Å². The molecule has 0 aliphatic rings. The molecule has 0 aromatic carbocycles. The van der Waals surface area contributed by atoms with Crippen LogP contribution in [0.4, 0.5) is 0 Å². The third-order valence-corrected chi connectivity index (χ3v) is 17.8. The van der Waals surface area contributed by atoms with E-state index in [0.29, 0.717) is 25.7 Å². The van der Waals surface area contributed by atoms with Crippen molar-refractivity contribution in [3.63, 3.8) is 0 Å². The maximum atomic E-state index is 13.0. The van der Waals surface area contributed by atoms with Gasteiger partial charge in [0.05, 0.1) is 26.4 Å². The number of phosphoric ester groups is 2. The van der Waals surface area contributed by atoms with Crippen molar-refractivity contribution >= 4 is 39.5 Å². The van der Waals surface area contributed by atoms with Gasteiger partial charge in [-0.05, 0) is 57.3 Å². The fraction of sp³-hybridized carbons (Fsp3) is 0.887. The second kappa shape index (κ2) is 63.9. The number of hydrogen-bond donors (Lipinski definition) is 3. The van der Waals surface area contributed by atoms with Crippen molar-refractivity contribution in [1.82, 2.24) is 0 Å². The summed E-state index contributed by atoms with van der Waals surface area (Å²) >= 11 is 0. The van der Waals surface area contributed by atoms with E-state index >= 15 is 0 Å². The summed E-state index contributed by atoms with van der Waals surface area (Å²) in [5.41, 5.74) is 0. The minimum Gasteiger partial charge on any atom is -0.462 e. The number of unbranched alkanes of at least 4 members (excludes halogenated alkanes) is 38. The van der Waals surface area contributed by atoms with Gasteiger partial charge in [0.15, 0.2) is 12.2 Å². The van der Waals surface area contributed by atoms with Crippen LogP contribution in [0, 0.1) is 5.92 Å². The molecule has 0 aliphatic carbocycles. The number of allylic oxidation sites excluding steroid dienone is 4. The van der Waals surface area contributed by atoms with Gasteiger partial charge in [0.2, 0.25) is 0 Å². The highest BCUT2D eigenvalue weighted by molar-refractivity contribution is 7.47. The largest absolute Gasteiger partial charge is 0.472 e. The summed E-state index contributed by atoms with van der Waals surface area (Å²) in [5.74, 6) is -1.37. The second-order valence-corrected chi connectivity index (χ2v) is 28.3. The highest BCUT2D eigenvalue weighted by Crippen LogP contribution is 2.45. The number of ether oxygens (including phenoxy) is 4. The number of rotatable bonds is 69. The molecule has 0 aliphatic heterocycles. The molecule has 3 N–H and O–H groups in total. The van der Waals surface area contributed by atoms with Gasteiger partial charge in [-0.25, -0.2) is 9.13 Å². The van der Waals surface area contributed by atoms with Gasteiger partial charge in [0.1, 0.15) is 19.3 Å². The van der Waals surface area contributed by atoms with Crippen LogP contribution in [0.15, 0.2) is 24.3 Å². The Labute approximate surface area is 548 Å². The number of phosphoric acid groups is 2. The fourth-order valence-corrected chi connectivity index (χ4v) is 11.9. The van der Waals surface area contributed by atoms with Crippen LogP contribution >= 0.6 is 15.6 Å². The quantitative estimate of drug-likeness (QED) is 0.0169. The molecule has 5 atom stereocenters. The summed E-state index contributed by atoms with van der Waals surface area (Å²) in [6.07, 6.45) is 53.8. The Bertz CT molecular complexity index is 1830. The molecular formula is C71H134O17P2. The number of esters is 4. The van der Waals surface area contributed by atoms with Gasteiger partial charge in [-0.15, -0.1) is 0 Å². The summed E-state index contributed by atoms with van der Waals surface area (Å²) in [6.45, 7) is 7.12. The van der Waals surface area contributed by atoms with Crippen molar-refractivity contribution in [3.8, 4) is 0 Å². The zero-order valence-corrected chi connectivity index (χ0v) is 59.5. The van der Waals surface area contributed by atoms with Gasteiger partial charge in [0, 0.05) is 25.7 Å². The van der Waals surface area contributed by atoms with Gasteiger partial charge in [-0.3, -0.25) is 37.3 Å². The highest BCUT2D eigenvalue weighted by Gasteiger charge is 2.30. The average molecular weight is 1320 g/mol. The summed E-state index contributed by atoms with van der Waals surface area (Å²) in [6, 6.07) is 0. The molecule has 19 heteroatoms. The molecule has 0 aromatic rings. The molecule has 0 radical (unpaired) electrons. The highest BCUT2D eigenvalue weighted by atomic mass is 31.2. The van der Waals surface area contributed by atoms with E-state index in [0.717, 1.165) is 121 Å². The van der Waals surface area contributed by atoms with Crippen LogP contribution in [-0.4, -0.2) is 96.7 Å². The lowest BCUT2D eigenvalue weighted by molar-refractivity contribution is -0.161. The summed E-state index contributed by atoms with van der Waals surface area (Å²) in [7, 11) is -9.90. The summed E-state index contributed by atoms with van der Waals surface area (Å²) < 4.78 is 68.1. The molecule has 0 saturated heterocycles. The van der Waals surface area contributed by atoms with Crippen LogP contribution in [-0.2, 0) is 65.4 Å². The molecule has 0 spiro atoms. The van der Waals surface area contributed by atoms with Crippen molar-refractivity contribution in [1.29, 1.82) is 0 Å². The monoisotopic (exact) mass is 1320 g/mol. The fourth-order valence-electron chi connectivity index (χ4n) is 10.3. The number of aliphatic hydroxyl groups excluding tert-OH is 1. The van der Waals surface area contributed by atoms with E-state index in [9.17, 15) is 43.2 Å². The lowest BCUT2D eigenvalue weighted by Crippen LogP contribution is -2.30. The Morgan fingerprint density at radius 1 is 0.344 bits per heavy atom. The molecule has 0 fully saturated rings. The van der Waals surface area contributed by atoms with Gasteiger partial charge in [0.25, 0.3) is 0 Å². The van der Waals surface area contributed by atoms with Crippen molar-refractivity contribution in [2.24, 2.45) is 5.92 Å². The number of carbonyl (C=O) groups is 4. The maximum absolute atomic E-state index is 13.0. The van der Waals surface area contributed by atoms with Crippen LogP contribution in [0.2, 0.25) is 0 Å². The Kier molecular flexibility index (Phi) is 62.2. The van der Waals surface area contributed by atoms with Crippen molar-refractivity contribution in [2.75, 3.05) is 39.6 Å². The molecule has 0 saturated carbocycles. The Balaban J connectivity index is 5.19. The van der Waals surface area contributed by atoms with Crippen LogP contribution < -0.4 is 0 Å². The molecule has 0 bridgehead atoms. The SMILES string of the molecule is CCCCCC/C=C\C=C/CCCCCCCC(=O)OC[C@H](COP(=O)(O)OC[C@@H](O)COP(=O)(O)OC[C@@H](COC(=O)CCCCCCC)OC(=O)CCCCCCCCCCCCCCC)OC(=O)CCCCCCCCCCCCCCCCC(C)C. The predicted octanol–water partition coefficient (Wildman–Crippen LogP) is 20.1. The van der Waals surface area contributed by atoms with Gasteiger partial charge >= 0.3 is 39.5 Å². The predicted molar refractivity (Wildman–Crippen MR) is 363 cm³/mol. The summed E-state index contributed by atoms with van der Waals surface area (Å²) in [4.78, 5) is 72.3. The first-order valence-electron chi connectivity index (χ1n) is 36.5. The van der Waals surface area contributed by atoms with Crippen LogP contribution in [0.25, 0.3) is 0 Å². The number of aliphatic hydroxyl groups is 1. The molecule has 0 heterocycles. The van der Waals surface area contributed by atoms with E-state index in [-0.39, 0.29) is 25.7 Å². The lowest BCUT2D eigenvalue weighted by atomic mass is 10.0. The molecule has 0 amide bonds. The topological polar surface area (TPSA) is 237 Å². The lowest BCUT2D eigenvalue weighted by Gasteiger charge is -2.21. The zero-order valence-electron chi connectivity index (χ0n) is 57.8. The molecule has 2 unspecified atom stereocenters. The number of hydrogen-bond acceptors (Lipinski definition) is 15. The van der Waals surface area contributed by atoms with E-state index in [1.54, 1.807) is 0 Å². The molecule has 0 rings (SSSR count). The number of carbonyl (C=O) groups excluding carboxylic acids is 4. The van der Waals surface area contributed by atoms with Crippen LogP contribution in [0.3, 0.4) is 0 Å². The Hall–Kier alpha value is -2.46. The van der Waals surface area contributed by atoms with E-state index in [1.165, 1.54) is 141 Å². The molecule has 90 heavy (non-hydrogen) atoms. The summed E-state index contributed by atoms with van der Waals surface area (Å²) in [5, 5.41) is 10.6. The van der Waals surface area contributed by atoms with Crippen LogP contribution in [0.5, 0.6) is 0 Å². The Morgan fingerprint density at radius 2 is 0.600 bits per heavy atom. The molecule has 0 aromatic heterocycles. The minimum absolute atomic E-state index is 0.101. The first kappa shape index (κ1) is 87.5. The van der Waals surface area contributed by atoms with Gasteiger partial charge in [-0.2, -0.15) is 0 Å². The van der Waals surface area contributed by atoms with E-state index in [4.69, 9.17) is 37.0 Å². The van der Waals surface area contributed by atoms with Gasteiger partial charge < -0.3 is 33.8 Å². The zero-order chi connectivity index (χ0) is 66.3. The van der Waals surface area contributed by atoms with E-state index < -0.39 is 97.5 Å². The second-order valence-electron chi connectivity index (χ2n) is 25.4. The maximum Gasteiger partial charge on any atom is 0.472 e. The normalized spacial score (nSPS) is 14.2. The smallest absolute Gasteiger partial charge is 0.462 e. The Morgan fingerprint density at radius 3 is 0.911 bits per heavy atom. The molecule has 17 nitrogen and oxygen atoms in total. The third-order valence-electron chi connectivity index (χ3n) is 15.9. The van der Waals surface area contributed by atoms with E-state index in [2.05, 4.69) is 58.9 Å². The van der Waals surface area contributed by atoms with Crippen molar-refractivity contribution in [2.45, 2.75) is 361 Å². The molecular weight excluding hydrogens is 1190 g/mol. The first-order chi connectivity index (χ1) is 43.5. The van der Waals surface area contributed by atoms with Crippen molar-refractivity contribution < 1.29 is 80.2 Å². The molecule has 530 valence electrons. The van der Waals surface area contributed by atoms with Gasteiger partial charge in [-0.1, -0.05) is 290 Å².